The van der Waals surface area contributed by atoms with Gasteiger partial charge in [0.1, 0.15) is 6.42 Å². The van der Waals surface area contributed by atoms with Crippen LogP contribution in [0.5, 0.6) is 0 Å². The molecule has 8 heteroatoms. The lowest BCUT2D eigenvalue weighted by molar-refractivity contribution is -0.384. The molecule has 25 heavy (non-hydrogen) atoms. The average Bonchev–Trinajstić information content (AvgIpc) is 2.57. The largest absolute Gasteiger partial charge is 0.326 e. The maximum Gasteiger partial charge on any atom is 0.269 e. The molecule has 0 bridgehead atoms. The fourth-order valence-corrected chi connectivity index (χ4v) is 1.89. The molecule has 0 atom stereocenters. The summed E-state index contributed by atoms with van der Waals surface area (Å²) >= 11 is 0. The molecule has 0 spiro atoms. The van der Waals surface area contributed by atoms with Crippen LogP contribution in [0.3, 0.4) is 0 Å². The lowest BCUT2D eigenvalue weighted by Crippen LogP contribution is -2.24. The van der Waals surface area contributed by atoms with E-state index in [2.05, 4.69) is 15.8 Å². The Kier molecular flexibility index (Phi) is 5.94. The predicted molar refractivity (Wildman–Crippen MR) is 93.3 cm³/mol. The molecule has 0 unspecified atom stereocenters. The summed E-state index contributed by atoms with van der Waals surface area (Å²) in [4.78, 5) is 33.4. The zero-order chi connectivity index (χ0) is 18.2. The summed E-state index contributed by atoms with van der Waals surface area (Å²) < 4.78 is 0. The third-order valence-electron chi connectivity index (χ3n) is 3.16. The minimum atomic E-state index is -0.567. The van der Waals surface area contributed by atoms with Gasteiger partial charge >= 0.3 is 0 Å². The van der Waals surface area contributed by atoms with E-state index in [-0.39, 0.29) is 12.1 Å². The molecule has 0 heterocycles. The summed E-state index contributed by atoms with van der Waals surface area (Å²) in [5.41, 5.74) is 4.45. The maximum atomic E-state index is 11.8. The van der Waals surface area contributed by atoms with Gasteiger partial charge in [-0.25, -0.2) is 5.43 Å². The van der Waals surface area contributed by atoms with Gasteiger partial charge < -0.3 is 5.32 Å². The number of carbonyl (C=O) groups is 2. The molecule has 0 fully saturated rings. The Morgan fingerprint density at radius 1 is 1.08 bits per heavy atom. The highest BCUT2D eigenvalue weighted by Gasteiger charge is 2.09. The van der Waals surface area contributed by atoms with E-state index in [1.54, 1.807) is 12.1 Å². The van der Waals surface area contributed by atoms with Gasteiger partial charge in [-0.1, -0.05) is 17.7 Å². The number of amides is 2. The van der Waals surface area contributed by atoms with Crippen molar-refractivity contribution >= 4 is 29.4 Å². The number of non-ortho nitro benzene ring substituents is 1. The Balaban J connectivity index is 1.80. The van der Waals surface area contributed by atoms with Gasteiger partial charge in [0.05, 0.1) is 11.1 Å². The van der Waals surface area contributed by atoms with Crippen molar-refractivity contribution < 1.29 is 14.5 Å². The molecule has 0 aliphatic rings. The molecule has 0 radical (unpaired) electrons. The van der Waals surface area contributed by atoms with Crippen LogP contribution in [0, 0.1) is 17.0 Å². The molecule has 8 nitrogen and oxygen atoms in total. The van der Waals surface area contributed by atoms with Crippen molar-refractivity contribution in [2.45, 2.75) is 13.3 Å². The predicted octanol–water partition coefficient (Wildman–Crippen LogP) is 2.38. The number of aryl methyl sites for hydroxylation is 1. The number of hydrogen-bond donors (Lipinski definition) is 2. The highest BCUT2D eigenvalue weighted by Crippen LogP contribution is 2.10. The van der Waals surface area contributed by atoms with Gasteiger partial charge in [0.15, 0.2) is 0 Å². The number of nitro groups is 1. The molecule has 0 aliphatic carbocycles. The summed E-state index contributed by atoms with van der Waals surface area (Å²) in [7, 11) is 0. The zero-order valence-corrected chi connectivity index (χ0v) is 13.4. The molecule has 2 aromatic carbocycles. The third-order valence-corrected chi connectivity index (χ3v) is 3.16. The van der Waals surface area contributed by atoms with E-state index in [1.807, 2.05) is 19.1 Å². The van der Waals surface area contributed by atoms with Crippen LogP contribution in [0.25, 0.3) is 0 Å². The van der Waals surface area contributed by atoms with E-state index in [0.29, 0.717) is 11.3 Å². The molecule has 2 rings (SSSR count). The Hall–Kier alpha value is -3.55. The first-order valence-electron chi connectivity index (χ1n) is 7.37. The molecular weight excluding hydrogens is 324 g/mol. The van der Waals surface area contributed by atoms with Crippen molar-refractivity contribution in [2.24, 2.45) is 5.10 Å². The molecule has 128 valence electrons. The second-order valence-corrected chi connectivity index (χ2v) is 5.23. The summed E-state index contributed by atoms with van der Waals surface area (Å²) in [5.74, 6) is -1.02. The standard InChI is InChI=1S/C17H16N4O4/c1-12-2-6-14(7-3-12)19-16(22)10-17(23)20-18-11-13-4-8-15(9-5-13)21(24)25/h2-9,11H,10H2,1H3,(H,19,22)(H,20,23). The first-order valence-corrected chi connectivity index (χ1v) is 7.37. The lowest BCUT2D eigenvalue weighted by Gasteiger charge is -2.04. The van der Waals surface area contributed by atoms with Gasteiger partial charge in [-0.2, -0.15) is 5.10 Å². The molecule has 2 aromatic rings. The van der Waals surface area contributed by atoms with Gasteiger partial charge in [0, 0.05) is 17.8 Å². The van der Waals surface area contributed by atoms with E-state index >= 15 is 0 Å². The van der Waals surface area contributed by atoms with Gasteiger partial charge in [-0.3, -0.25) is 19.7 Å². The maximum absolute atomic E-state index is 11.8. The molecule has 0 saturated carbocycles. The second kappa shape index (κ2) is 8.34. The van der Waals surface area contributed by atoms with E-state index in [1.165, 1.54) is 30.5 Å². The molecule has 0 saturated heterocycles. The number of nitrogens with zero attached hydrogens (tertiary/aromatic N) is 2. The number of benzene rings is 2. The number of nitrogens with one attached hydrogen (secondary N) is 2. The van der Waals surface area contributed by atoms with Crippen LogP contribution in [0.2, 0.25) is 0 Å². The monoisotopic (exact) mass is 340 g/mol. The minimum Gasteiger partial charge on any atom is -0.326 e. The summed E-state index contributed by atoms with van der Waals surface area (Å²) in [6.07, 6.45) is 0.963. The number of hydrazone groups is 1. The van der Waals surface area contributed by atoms with E-state index in [4.69, 9.17) is 0 Å². The number of carbonyl (C=O) groups excluding carboxylic acids is 2. The van der Waals surface area contributed by atoms with Crippen molar-refractivity contribution in [1.82, 2.24) is 5.43 Å². The Bertz CT molecular complexity index is 798. The second-order valence-electron chi connectivity index (χ2n) is 5.23. The van der Waals surface area contributed by atoms with Crippen molar-refractivity contribution in [3.8, 4) is 0 Å². The van der Waals surface area contributed by atoms with Crippen LogP contribution in [-0.4, -0.2) is 23.0 Å². The molecule has 2 amide bonds. The third kappa shape index (κ3) is 5.87. The normalized spacial score (nSPS) is 10.4. The quantitative estimate of drug-likeness (QED) is 0.364. The molecule has 0 aromatic heterocycles. The van der Waals surface area contributed by atoms with Crippen LogP contribution in [0.4, 0.5) is 11.4 Å². The van der Waals surface area contributed by atoms with Gasteiger partial charge in [-0.05, 0) is 36.8 Å². The number of rotatable bonds is 6. The Morgan fingerprint density at radius 3 is 2.32 bits per heavy atom. The fraction of sp³-hybridized carbons (Fsp3) is 0.118. The minimum absolute atomic E-state index is 0.0334. The van der Waals surface area contributed by atoms with Gasteiger partial charge in [0.25, 0.3) is 5.69 Å². The fourth-order valence-electron chi connectivity index (χ4n) is 1.89. The number of anilines is 1. The van der Waals surface area contributed by atoms with E-state index in [9.17, 15) is 19.7 Å². The van der Waals surface area contributed by atoms with Gasteiger partial charge in [-0.15, -0.1) is 0 Å². The SMILES string of the molecule is Cc1ccc(NC(=O)CC(=O)NN=Cc2ccc([N+](=O)[O-])cc2)cc1. The topological polar surface area (TPSA) is 114 Å². The van der Waals surface area contributed by atoms with Gasteiger partial charge in [0.2, 0.25) is 11.8 Å². The average molecular weight is 340 g/mol. The van der Waals surface area contributed by atoms with Crippen LogP contribution >= 0.6 is 0 Å². The highest BCUT2D eigenvalue weighted by molar-refractivity contribution is 6.03. The summed E-state index contributed by atoms with van der Waals surface area (Å²) in [5, 5.41) is 16.9. The summed E-state index contributed by atoms with van der Waals surface area (Å²) in [6.45, 7) is 1.93. The number of nitro benzene ring substituents is 1. The smallest absolute Gasteiger partial charge is 0.269 e. The first-order chi connectivity index (χ1) is 11.9. The van der Waals surface area contributed by atoms with Crippen molar-refractivity contribution in [1.29, 1.82) is 0 Å². The number of hydrogen-bond acceptors (Lipinski definition) is 5. The lowest BCUT2D eigenvalue weighted by atomic mass is 10.2. The van der Waals surface area contributed by atoms with Crippen molar-refractivity contribution in [3.63, 3.8) is 0 Å². The Labute approximate surface area is 143 Å². The first kappa shape index (κ1) is 17.8. The molecule has 0 aliphatic heterocycles. The summed E-state index contributed by atoms with van der Waals surface area (Å²) in [6, 6.07) is 12.9. The molecular formula is C17H16N4O4. The zero-order valence-electron chi connectivity index (χ0n) is 13.4. The van der Waals surface area contributed by atoms with Crippen LogP contribution < -0.4 is 10.7 Å². The highest BCUT2D eigenvalue weighted by atomic mass is 16.6. The Morgan fingerprint density at radius 2 is 1.72 bits per heavy atom. The van der Waals surface area contributed by atoms with Crippen molar-refractivity contribution in [2.75, 3.05) is 5.32 Å². The van der Waals surface area contributed by atoms with Crippen LogP contribution in [0.15, 0.2) is 53.6 Å². The van der Waals surface area contributed by atoms with Crippen LogP contribution in [-0.2, 0) is 9.59 Å². The van der Waals surface area contributed by atoms with Crippen LogP contribution in [0.1, 0.15) is 17.5 Å². The van der Waals surface area contributed by atoms with E-state index < -0.39 is 16.7 Å². The van der Waals surface area contributed by atoms with E-state index in [0.717, 1.165) is 5.56 Å². The molecule has 2 N–H and O–H groups in total. The van der Waals surface area contributed by atoms with Crippen molar-refractivity contribution in [3.05, 3.63) is 69.8 Å².